The largest absolute Gasteiger partial charge is 0.285 e. The van der Waals surface area contributed by atoms with Gasteiger partial charge in [-0.25, -0.2) is 4.39 Å². The van der Waals surface area contributed by atoms with Crippen LogP contribution in [0.5, 0.6) is 0 Å². The molecule has 0 aliphatic carbocycles. The molecule has 0 fully saturated rings. The molecule has 0 unspecified atom stereocenters. The molecule has 0 atom stereocenters. The van der Waals surface area contributed by atoms with Crippen LogP contribution >= 0.6 is 11.8 Å². The van der Waals surface area contributed by atoms with Crippen molar-refractivity contribution in [3.05, 3.63) is 71.0 Å². The van der Waals surface area contributed by atoms with E-state index in [9.17, 15) is 9.18 Å². The Balaban J connectivity index is 1.72. The molecule has 3 rings (SSSR count). The molecule has 0 saturated heterocycles. The highest BCUT2D eigenvalue weighted by atomic mass is 32.2. The summed E-state index contributed by atoms with van der Waals surface area (Å²) in [5, 5.41) is 0.668. The fourth-order valence-electron chi connectivity index (χ4n) is 2.43. The number of amides is 1. The van der Waals surface area contributed by atoms with Crippen LogP contribution in [-0.2, 0) is 5.75 Å². The minimum absolute atomic E-state index is 0.0959. The second kappa shape index (κ2) is 6.96. The Morgan fingerprint density at radius 2 is 1.96 bits per heavy atom. The van der Waals surface area contributed by atoms with Crippen molar-refractivity contribution in [2.75, 3.05) is 13.1 Å². The molecule has 118 valence electrons. The number of carbonyl (C=O) groups excluding carboxylic acids is 1. The van der Waals surface area contributed by atoms with E-state index in [1.54, 1.807) is 17.0 Å². The molecule has 23 heavy (non-hydrogen) atoms. The van der Waals surface area contributed by atoms with Gasteiger partial charge in [0.2, 0.25) is 0 Å². The minimum Gasteiger partial charge on any atom is -0.285 e. The summed E-state index contributed by atoms with van der Waals surface area (Å²) in [4.78, 5) is 18.5. The number of thioether (sulfide) groups is 1. The number of aliphatic imine (C=N–C) groups is 1. The van der Waals surface area contributed by atoms with Crippen molar-refractivity contribution in [2.24, 2.45) is 4.99 Å². The molecule has 0 aromatic heterocycles. The molecular formula is C18H17FN2OS. The van der Waals surface area contributed by atoms with Crippen molar-refractivity contribution in [3.63, 3.8) is 0 Å². The summed E-state index contributed by atoms with van der Waals surface area (Å²) in [5.74, 6) is -0.0729. The summed E-state index contributed by atoms with van der Waals surface area (Å²) in [5.41, 5.74) is 2.52. The molecule has 0 spiro atoms. The lowest BCUT2D eigenvalue weighted by Crippen LogP contribution is -2.33. The highest BCUT2D eigenvalue weighted by molar-refractivity contribution is 8.13. The van der Waals surface area contributed by atoms with Crippen LogP contribution in [0.2, 0.25) is 0 Å². The Morgan fingerprint density at radius 1 is 1.22 bits per heavy atom. The normalized spacial score (nSPS) is 14.0. The third-order valence-corrected chi connectivity index (χ3v) is 4.83. The van der Waals surface area contributed by atoms with Gasteiger partial charge < -0.3 is 0 Å². The van der Waals surface area contributed by atoms with E-state index >= 15 is 0 Å². The van der Waals surface area contributed by atoms with Gasteiger partial charge in [-0.3, -0.25) is 14.7 Å². The number of benzene rings is 2. The van der Waals surface area contributed by atoms with Crippen LogP contribution in [-0.4, -0.2) is 29.1 Å². The van der Waals surface area contributed by atoms with Crippen LogP contribution in [0.3, 0.4) is 0 Å². The lowest BCUT2D eigenvalue weighted by Gasteiger charge is -2.18. The summed E-state index contributed by atoms with van der Waals surface area (Å²) in [6, 6.07) is 14.2. The van der Waals surface area contributed by atoms with Gasteiger partial charge >= 0.3 is 0 Å². The molecule has 1 amide bonds. The van der Waals surface area contributed by atoms with Gasteiger partial charge in [0.25, 0.3) is 5.91 Å². The maximum Gasteiger partial charge on any atom is 0.262 e. The average Bonchev–Trinajstić information content (AvgIpc) is 3.02. The first-order valence-electron chi connectivity index (χ1n) is 7.45. The second-order valence-electron chi connectivity index (χ2n) is 5.32. The lowest BCUT2D eigenvalue weighted by molar-refractivity contribution is 0.0856. The van der Waals surface area contributed by atoms with Gasteiger partial charge in [0.1, 0.15) is 5.82 Å². The zero-order valence-electron chi connectivity index (χ0n) is 12.8. The molecule has 1 heterocycles. The maximum atomic E-state index is 13.8. The first-order valence-corrected chi connectivity index (χ1v) is 8.43. The van der Waals surface area contributed by atoms with Gasteiger partial charge in [-0.15, -0.1) is 0 Å². The summed E-state index contributed by atoms with van der Waals surface area (Å²) in [6.45, 7) is 3.13. The predicted molar refractivity (Wildman–Crippen MR) is 92.2 cm³/mol. The molecule has 0 radical (unpaired) electrons. The molecule has 2 aromatic rings. The Labute approximate surface area is 139 Å². The van der Waals surface area contributed by atoms with E-state index in [4.69, 9.17) is 0 Å². The Morgan fingerprint density at radius 3 is 2.74 bits per heavy atom. The first-order chi connectivity index (χ1) is 11.2. The van der Waals surface area contributed by atoms with E-state index in [2.05, 4.69) is 24.0 Å². The second-order valence-corrected chi connectivity index (χ2v) is 6.26. The summed E-state index contributed by atoms with van der Waals surface area (Å²) in [7, 11) is 0. The molecule has 3 nitrogen and oxygen atoms in total. The third kappa shape index (κ3) is 3.45. The number of carbonyl (C=O) groups is 1. The van der Waals surface area contributed by atoms with Crippen LogP contribution in [0.15, 0.2) is 53.5 Å². The quantitative estimate of drug-likeness (QED) is 0.856. The standard InChI is InChI=1S/C18H17FN2OS/c1-13-6-2-3-7-14(13)12-23-18-20-10-11-21(18)17(22)15-8-4-5-9-16(15)19/h2-9H,10-12H2,1H3. The monoisotopic (exact) mass is 328 g/mol. The van der Waals surface area contributed by atoms with Crippen molar-refractivity contribution in [3.8, 4) is 0 Å². The maximum absolute atomic E-state index is 13.8. The van der Waals surface area contributed by atoms with E-state index in [0.29, 0.717) is 18.3 Å². The van der Waals surface area contributed by atoms with Crippen LogP contribution in [0.4, 0.5) is 4.39 Å². The van der Waals surface area contributed by atoms with Gasteiger partial charge in [-0.1, -0.05) is 48.2 Å². The van der Waals surface area contributed by atoms with E-state index in [1.807, 2.05) is 12.1 Å². The van der Waals surface area contributed by atoms with Crippen molar-refractivity contribution in [2.45, 2.75) is 12.7 Å². The summed E-state index contributed by atoms with van der Waals surface area (Å²) in [6.07, 6.45) is 0. The SMILES string of the molecule is Cc1ccccc1CSC1=NCCN1C(=O)c1ccccc1F. The molecule has 1 aliphatic rings. The summed E-state index contributed by atoms with van der Waals surface area (Å²) >= 11 is 1.52. The van der Waals surface area contributed by atoms with Gasteiger partial charge in [0.05, 0.1) is 12.1 Å². The van der Waals surface area contributed by atoms with E-state index in [-0.39, 0.29) is 11.5 Å². The van der Waals surface area contributed by atoms with Crippen molar-refractivity contribution < 1.29 is 9.18 Å². The van der Waals surface area contributed by atoms with Gasteiger partial charge in [0, 0.05) is 12.3 Å². The highest BCUT2D eigenvalue weighted by Crippen LogP contribution is 2.23. The Hall–Kier alpha value is -2.14. The van der Waals surface area contributed by atoms with Crippen LogP contribution in [0, 0.1) is 12.7 Å². The topological polar surface area (TPSA) is 32.7 Å². The van der Waals surface area contributed by atoms with Gasteiger partial charge in [-0.2, -0.15) is 0 Å². The predicted octanol–water partition coefficient (Wildman–Crippen LogP) is 3.88. The highest BCUT2D eigenvalue weighted by Gasteiger charge is 2.26. The number of aryl methyl sites for hydroxylation is 1. The molecular weight excluding hydrogens is 311 g/mol. The molecule has 0 bridgehead atoms. The Kier molecular flexibility index (Phi) is 4.76. The van der Waals surface area contributed by atoms with E-state index < -0.39 is 5.82 Å². The number of rotatable bonds is 3. The van der Waals surface area contributed by atoms with Crippen molar-refractivity contribution in [1.82, 2.24) is 4.90 Å². The molecule has 5 heteroatoms. The van der Waals surface area contributed by atoms with Crippen LogP contribution < -0.4 is 0 Å². The minimum atomic E-state index is -0.493. The number of hydrogen-bond donors (Lipinski definition) is 0. The lowest BCUT2D eigenvalue weighted by atomic mass is 10.1. The Bertz CT molecular complexity index is 760. The average molecular weight is 328 g/mol. The number of hydrogen-bond acceptors (Lipinski definition) is 3. The number of amidine groups is 1. The number of halogens is 1. The molecule has 1 aliphatic heterocycles. The van der Waals surface area contributed by atoms with Gasteiger partial charge in [0.15, 0.2) is 5.17 Å². The fraction of sp³-hybridized carbons (Fsp3) is 0.222. The molecule has 0 N–H and O–H groups in total. The smallest absolute Gasteiger partial charge is 0.262 e. The third-order valence-electron chi connectivity index (χ3n) is 3.77. The molecule has 2 aromatic carbocycles. The van der Waals surface area contributed by atoms with Crippen molar-refractivity contribution in [1.29, 1.82) is 0 Å². The number of nitrogens with zero attached hydrogens (tertiary/aromatic N) is 2. The summed E-state index contributed by atoms with van der Waals surface area (Å²) < 4.78 is 13.8. The van der Waals surface area contributed by atoms with E-state index in [0.717, 1.165) is 5.75 Å². The zero-order chi connectivity index (χ0) is 16.2. The van der Waals surface area contributed by atoms with Crippen LogP contribution in [0.25, 0.3) is 0 Å². The van der Waals surface area contributed by atoms with E-state index in [1.165, 1.54) is 35.0 Å². The molecule has 0 saturated carbocycles. The van der Waals surface area contributed by atoms with Crippen LogP contribution in [0.1, 0.15) is 21.5 Å². The first kappa shape index (κ1) is 15.7. The fourth-order valence-corrected chi connectivity index (χ4v) is 3.55. The van der Waals surface area contributed by atoms with Crippen molar-refractivity contribution >= 4 is 22.8 Å². The zero-order valence-corrected chi connectivity index (χ0v) is 13.6. The van der Waals surface area contributed by atoms with Gasteiger partial charge in [-0.05, 0) is 30.2 Å².